The van der Waals surface area contributed by atoms with Gasteiger partial charge in [0.1, 0.15) is 18.0 Å². The summed E-state index contributed by atoms with van der Waals surface area (Å²) in [4.78, 5) is 12.5. The zero-order chi connectivity index (χ0) is 14.7. The second kappa shape index (κ2) is 5.90. The van der Waals surface area contributed by atoms with Gasteiger partial charge in [0.25, 0.3) is 0 Å². The second-order valence-electron chi connectivity index (χ2n) is 5.36. The van der Waals surface area contributed by atoms with E-state index in [4.69, 9.17) is 4.52 Å². The molecule has 0 saturated carbocycles. The lowest BCUT2D eigenvalue weighted by molar-refractivity contribution is 0.374. The van der Waals surface area contributed by atoms with Crippen LogP contribution >= 0.6 is 0 Å². The van der Waals surface area contributed by atoms with Gasteiger partial charge in [0.15, 0.2) is 5.76 Å². The summed E-state index contributed by atoms with van der Waals surface area (Å²) >= 11 is 0. The Morgan fingerprint density at radius 3 is 2.40 bits per heavy atom. The fraction of sp³-hybridized carbons (Fsp3) is 0.500. The summed E-state index contributed by atoms with van der Waals surface area (Å²) in [6.07, 6.45) is 1.57. The van der Waals surface area contributed by atoms with Crippen LogP contribution in [-0.4, -0.2) is 36.3 Å². The van der Waals surface area contributed by atoms with E-state index in [0.29, 0.717) is 12.5 Å². The van der Waals surface area contributed by atoms with Crippen LogP contribution < -0.4 is 9.80 Å². The van der Waals surface area contributed by atoms with E-state index in [-0.39, 0.29) is 0 Å². The van der Waals surface area contributed by atoms with Crippen LogP contribution in [0.3, 0.4) is 0 Å². The minimum Gasteiger partial charge on any atom is -0.363 e. The minimum absolute atomic E-state index is 0.372. The molecular formula is C14H21N5O. The van der Waals surface area contributed by atoms with Gasteiger partial charge in [-0.25, -0.2) is 9.97 Å². The molecule has 2 aromatic rings. The second-order valence-corrected chi connectivity index (χ2v) is 5.36. The van der Waals surface area contributed by atoms with Crippen LogP contribution in [0.4, 0.5) is 11.6 Å². The topological polar surface area (TPSA) is 58.3 Å². The predicted molar refractivity (Wildman–Crippen MR) is 79.1 cm³/mol. The maximum atomic E-state index is 5.35. The molecule has 0 atom stereocenters. The Morgan fingerprint density at radius 1 is 1.10 bits per heavy atom. The van der Waals surface area contributed by atoms with Gasteiger partial charge in [0, 0.05) is 33.3 Å². The molecule has 6 nitrogen and oxygen atoms in total. The first kappa shape index (κ1) is 14.3. The quantitative estimate of drug-likeness (QED) is 0.834. The first-order chi connectivity index (χ1) is 9.47. The van der Waals surface area contributed by atoms with E-state index >= 15 is 0 Å². The molecule has 6 heteroatoms. The van der Waals surface area contributed by atoms with E-state index in [1.165, 1.54) is 0 Å². The van der Waals surface area contributed by atoms with E-state index in [1.54, 1.807) is 6.33 Å². The van der Waals surface area contributed by atoms with Crippen LogP contribution in [0.2, 0.25) is 0 Å². The molecule has 0 spiro atoms. The van der Waals surface area contributed by atoms with E-state index in [0.717, 1.165) is 23.1 Å². The van der Waals surface area contributed by atoms with Crippen LogP contribution in [-0.2, 0) is 6.54 Å². The highest BCUT2D eigenvalue weighted by molar-refractivity contribution is 5.48. The number of aromatic nitrogens is 3. The number of anilines is 2. The lowest BCUT2D eigenvalue weighted by Crippen LogP contribution is -2.19. The average Bonchev–Trinajstić information content (AvgIpc) is 2.87. The van der Waals surface area contributed by atoms with Crippen LogP contribution in [0.5, 0.6) is 0 Å². The lowest BCUT2D eigenvalue weighted by Gasteiger charge is -2.18. The molecule has 0 aromatic carbocycles. The van der Waals surface area contributed by atoms with Gasteiger partial charge in [-0.15, -0.1) is 0 Å². The van der Waals surface area contributed by atoms with Gasteiger partial charge < -0.3 is 14.3 Å². The van der Waals surface area contributed by atoms with Gasteiger partial charge in [0.2, 0.25) is 0 Å². The van der Waals surface area contributed by atoms with Crippen molar-refractivity contribution in [2.24, 2.45) is 0 Å². The van der Waals surface area contributed by atoms with Gasteiger partial charge in [-0.2, -0.15) is 0 Å². The molecule has 2 rings (SSSR count). The van der Waals surface area contributed by atoms with Gasteiger partial charge in [-0.1, -0.05) is 19.0 Å². The SMILES string of the molecule is CC(C)c1cc(CN(C)c2cc(N(C)C)ncn2)on1. The molecule has 0 aliphatic rings. The summed E-state index contributed by atoms with van der Waals surface area (Å²) in [7, 11) is 5.88. The van der Waals surface area contributed by atoms with Crippen LogP contribution in [0, 0.1) is 0 Å². The third-order valence-electron chi connectivity index (χ3n) is 3.05. The highest BCUT2D eigenvalue weighted by Crippen LogP contribution is 2.19. The van der Waals surface area contributed by atoms with Crippen molar-refractivity contribution in [3.8, 4) is 0 Å². The molecule has 108 valence electrons. The van der Waals surface area contributed by atoms with Crippen molar-refractivity contribution in [1.82, 2.24) is 15.1 Å². The molecule has 0 aliphatic carbocycles. The largest absolute Gasteiger partial charge is 0.363 e. The monoisotopic (exact) mass is 275 g/mol. The van der Waals surface area contributed by atoms with Crippen molar-refractivity contribution < 1.29 is 4.52 Å². The molecule has 0 radical (unpaired) electrons. The van der Waals surface area contributed by atoms with Gasteiger partial charge in [0.05, 0.1) is 12.2 Å². The molecule has 0 unspecified atom stereocenters. The molecular weight excluding hydrogens is 254 g/mol. The van der Waals surface area contributed by atoms with E-state index in [9.17, 15) is 0 Å². The summed E-state index contributed by atoms with van der Waals surface area (Å²) in [5.74, 6) is 2.94. The molecule has 20 heavy (non-hydrogen) atoms. The van der Waals surface area contributed by atoms with Gasteiger partial charge in [-0.3, -0.25) is 0 Å². The molecule has 2 aromatic heterocycles. The Balaban J connectivity index is 2.10. The van der Waals surface area contributed by atoms with Crippen LogP contribution in [0.25, 0.3) is 0 Å². The normalized spacial score (nSPS) is 10.9. The molecule has 0 fully saturated rings. The standard InChI is InChI=1S/C14H21N5O/c1-10(2)12-6-11(20-17-12)8-19(5)14-7-13(18(3)4)15-9-16-14/h6-7,9-10H,8H2,1-5H3. The van der Waals surface area contributed by atoms with E-state index < -0.39 is 0 Å². The Hall–Kier alpha value is -2.11. The summed E-state index contributed by atoms with van der Waals surface area (Å²) in [6.45, 7) is 4.82. The summed E-state index contributed by atoms with van der Waals surface area (Å²) in [5, 5.41) is 4.07. The highest BCUT2D eigenvalue weighted by atomic mass is 16.5. The summed E-state index contributed by atoms with van der Waals surface area (Å²) < 4.78 is 5.35. The Labute approximate surface area is 119 Å². The Morgan fingerprint density at radius 2 is 1.80 bits per heavy atom. The number of rotatable bonds is 5. The fourth-order valence-corrected chi connectivity index (χ4v) is 1.78. The lowest BCUT2D eigenvalue weighted by atomic mass is 10.1. The third kappa shape index (κ3) is 3.26. The van der Waals surface area contributed by atoms with Crippen molar-refractivity contribution in [2.75, 3.05) is 30.9 Å². The molecule has 0 bridgehead atoms. The zero-order valence-electron chi connectivity index (χ0n) is 12.7. The van der Waals surface area contributed by atoms with E-state index in [1.807, 2.05) is 43.1 Å². The molecule has 0 amide bonds. The fourth-order valence-electron chi connectivity index (χ4n) is 1.78. The van der Waals surface area contributed by atoms with Gasteiger partial charge >= 0.3 is 0 Å². The Kier molecular flexibility index (Phi) is 4.22. The van der Waals surface area contributed by atoms with E-state index in [2.05, 4.69) is 29.0 Å². The zero-order valence-corrected chi connectivity index (χ0v) is 12.7. The number of hydrogen-bond acceptors (Lipinski definition) is 6. The van der Waals surface area contributed by atoms with Crippen molar-refractivity contribution in [2.45, 2.75) is 26.3 Å². The first-order valence-electron chi connectivity index (χ1n) is 6.63. The van der Waals surface area contributed by atoms with Crippen molar-refractivity contribution >= 4 is 11.6 Å². The van der Waals surface area contributed by atoms with Crippen LogP contribution in [0.15, 0.2) is 23.0 Å². The molecule has 2 heterocycles. The van der Waals surface area contributed by atoms with Crippen molar-refractivity contribution in [1.29, 1.82) is 0 Å². The average molecular weight is 275 g/mol. The maximum Gasteiger partial charge on any atom is 0.156 e. The minimum atomic E-state index is 0.372. The third-order valence-corrected chi connectivity index (χ3v) is 3.05. The van der Waals surface area contributed by atoms with Gasteiger partial charge in [-0.05, 0) is 5.92 Å². The maximum absolute atomic E-state index is 5.35. The predicted octanol–water partition coefficient (Wildman–Crippen LogP) is 2.29. The molecule has 0 N–H and O–H groups in total. The summed E-state index contributed by atoms with van der Waals surface area (Å²) in [6, 6.07) is 3.94. The number of hydrogen-bond donors (Lipinski definition) is 0. The first-order valence-corrected chi connectivity index (χ1v) is 6.63. The summed E-state index contributed by atoms with van der Waals surface area (Å²) in [5.41, 5.74) is 0.977. The Bertz CT molecular complexity index is 564. The van der Waals surface area contributed by atoms with Crippen molar-refractivity contribution in [3.05, 3.63) is 29.9 Å². The smallest absolute Gasteiger partial charge is 0.156 e. The van der Waals surface area contributed by atoms with Crippen molar-refractivity contribution in [3.63, 3.8) is 0 Å². The highest BCUT2D eigenvalue weighted by Gasteiger charge is 2.11. The number of nitrogens with zero attached hydrogens (tertiary/aromatic N) is 5. The molecule has 0 saturated heterocycles. The molecule has 0 aliphatic heterocycles. The van der Waals surface area contributed by atoms with Crippen LogP contribution in [0.1, 0.15) is 31.2 Å².